The molecule has 0 aromatic heterocycles. The number of hydrogen-bond acceptors (Lipinski definition) is 16. The monoisotopic (exact) mass is 975 g/mol. The highest BCUT2D eigenvalue weighted by molar-refractivity contribution is 6.74. The maximum Gasteiger partial charge on any atom is 0.306 e. The number of carbonyl (C=O) groups is 4. The van der Waals surface area contributed by atoms with Gasteiger partial charge in [-0.3, -0.25) is 19.2 Å². The predicted octanol–water partition coefficient (Wildman–Crippen LogP) is 9.49. The zero-order valence-electron chi connectivity index (χ0n) is 43.5. The molecule has 3 saturated heterocycles. The standard InChI is InChI=1S/C50H90O16Si/c1-14-18-22-23-27-31-39(54)61-45-42(60-38(53)30-26-21-17-4)40(59-37(52)29-25-20-16-3)34(32-56-36(51)28-24-19-15-2)58-47(45)62-46(55)44-43(64-50(10,11)65-44)41(35-33-57-49(8,9)63-35)66-67(12,13)48(5,6)7/h34-35,40-47,55H,14-33H2,1-13H3/t34-,35+,40-,41+,42+,43-,44+,45+,46?,47+/m1/s1. The van der Waals surface area contributed by atoms with Gasteiger partial charge in [-0.15, -0.1) is 0 Å². The lowest BCUT2D eigenvalue weighted by molar-refractivity contribution is -0.347. The number of hydrogen-bond donors (Lipinski definition) is 1. The van der Waals surface area contributed by atoms with Gasteiger partial charge in [-0.05, 0) is 71.5 Å². The van der Waals surface area contributed by atoms with Gasteiger partial charge in [0.1, 0.15) is 37.1 Å². The third-order valence-corrected chi connectivity index (χ3v) is 17.4. The van der Waals surface area contributed by atoms with Crippen LogP contribution in [0.5, 0.6) is 0 Å². The zero-order chi connectivity index (χ0) is 50.0. The Labute approximate surface area is 403 Å². The van der Waals surface area contributed by atoms with E-state index in [1.54, 1.807) is 13.8 Å². The molecule has 1 unspecified atom stereocenters. The van der Waals surface area contributed by atoms with Crippen molar-refractivity contribution in [3.8, 4) is 0 Å². The highest BCUT2D eigenvalue weighted by Crippen LogP contribution is 2.43. The van der Waals surface area contributed by atoms with Gasteiger partial charge in [0.05, 0.1) is 6.61 Å². The van der Waals surface area contributed by atoms with Gasteiger partial charge in [0.15, 0.2) is 44.5 Å². The Morgan fingerprint density at radius 2 is 1.09 bits per heavy atom. The molecule has 390 valence electrons. The minimum absolute atomic E-state index is 0.0368. The number of esters is 4. The summed E-state index contributed by atoms with van der Waals surface area (Å²) in [6, 6.07) is 0. The van der Waals surface area contributed by atoms with Crippen LogP contribution in [-0.2, 0) is 71.0 Å². The molecule has 0 saturated carbocycles. The second kappa shape index (κ2) is 28.0. The highest BCUT2D eigenvalue weighted by atomic mass is 28.4. The number of aliphatic hydroxyl groups excluding tert-OH is 1. The van der Waals surface area contributed by atoms with Crippen molar-refractivity contribution in [2.24, 2.45) is 0 Å². The zero-order valence-corrected chi connectivity index (χ0v) is 44.5. The minimum Gasteiger partial charge on any atom is -0.463 e. The van der Waals surface area contributed by atoms with Crippen LogP contribution in [0.2, 0.25) is 18.1 Å². The predicted molar refractivity (Wildman–Crippen MR) is 253 cm³/mol. The molecule has 3 rings (SSSR count). The molecular formula is C50H90O16Si. The Kier molecular flexibility index (Phi) is 24.7. The molecule has 3 aliphatic rings. The quantitative estimate of drug-likeness (QED) is 0.0235. The van der Waals surface area contributed by atoms with E-state index in [1.165, 1.54) is 0 Å². The highest BCUT2D eigenvalue weighted by Gasteiger charge is 2.58. The van der Waals surface area contributed by atoms with Gasteiger partial charge in [-0.1, -0.05) is 113 Å². The van der Waals surface area contributed by atoms with E-state index >= 15 is 0 Å². The topological polar surface area (TPSA) is 190 Å². The van der Waals surface area contributed by atoms with Crippen LogP contribution in [0.25, 0.3) is 0 Å². The molecule has 3 heterocycles. The van der Waals surface area contributed by atoms with E-state index in [0.29, 0.717) is 25.7 Å². The van der Waals surface area contributed by atoms with E-state index in [1.807, 2.05) is 34.6 Å². The summed E-state index contributed by atoms with van der Waals surface area (Å²) in [5.74, 6) is -4.51. The van der Waals surface area contributed by atoms with Crippen LogP contribution >= 0.6 is 0 Å². The number of carbonyl (C=O) groups excluding carboxylic acids is 4. The van der Waals surface area contributed by atoms with Crippen molar-refractivity contribution in [1.82, 2.24) is 0 Å². The lowest BCUT2D eigenvalue weighted by Crippen LogP contribution is -2.64. The number of rotatable bonds is 30. The van der Waals surface area contributed by atoms with Crippen molar-refractivity contribution in [3.63, 3.8) is 0 Å². The Morgan fingerprint density at radius 1 is 0.627 bits per heavy atom. The number of ether oxygens (including phenoxy) is 10. The van der Waals surface area contributed by atoms with Gasteiger partial charge in [0, 0.05) is 25.7 Å². The Hall–Kier alpha value is -2.22. The lowest BCUT2D eigenvalue weighted by Gasteiger charge is -2.45. The Bertz CT molecular complexity index is 1500. The molecule has 0 amide bonds. The van der Waals surface area contributed by atoms with Crippen LogP contribution in [0.15, 0.2) is 0 Å². The van der Waals surface area contributed by atoms with Crippen LogP contribution in [0.1, 0.15) is 192 Å². The molecule has 10 atom stereocenters. The van der Waals surface area contributed by atoms with E-state index in [9.17, 15) is 24.3 Å². The normalized spacial score (nSPS) is 27.0. The summed E-state index contributed by atoms with van der Waals surface area (Å²) in [6.07, 6.45) is -1.61. The second-order valence-electron chi connectivity index (χ2n) is 20.9. The van der Waals surface area contributed by atoms with E-state index in [0.717, 1.165) is 64.2 Å². The van der Waals surface area contributed by atoms with Gasteiger partial charge in [-0.25, -0.2) is 0 Å². The minimum atomic E-state index is -2.57. The summed E-state index contributed by atoms with van der Waals surface area (Å²) in [4.78, 5) is 54.3. The maximum absolute atomic E-state index is 13.8. The van der Waals surface area contributed by atoms with Crippen LogP contribution in [0.3, 0.4) is 0 Å². The van der Waals surface area contributed by atoms with Crippen molar-refractivity contribution in [2.75, 3.05) is 13.2 Å². The molecule has 0 radical (unpaired) electrons. The molecule has 3 fully saturated rings. The van der Waals surface area contributed by atoms with Crippen LogP contribution < -0.4 is 0 Å². The van der Waals surface area contributed by atoms with E-state index < -0.39 is 112 Å². The third-order valence-electron chi connectivity index (χ3n) is 12.9. The summed E-state index contributed by atoms with van der Waals surface area (Å²) in [5.41, 5.74) is 0. The fourth-order valence-electron chi connectivity index (χ4n) is 8.09. The van der Waals surface area contributed by atoms with Crippen LogP contribution in [0, 0.1) is 0 Å². The molecule has 0 aromatic carbocycles. The summed E-state index contributed by atoms with van der Waals surface area (Å²) in [6.45, 7) is 25.5. The second-order valence-corrected chi connectivity index (χ2v) is 25.7. The van der Waals surface area contributed by atoms with Crippen molar-refractivity contribution >= 4 is 32.2 Å². The summed E-state index contributed by atoms with van der Waals surface area (Å²) in [7, 11) is -2.57. The molecule has 1 N–H and O–H groups in total. The van der Waals surface area contributed by atoms with Crippen molar-refractivity contribution in [1.29, 1.82) is 0 Å². The van der Waals surface area contributed by atoms with Gasteiger partial charge < -0.3 is 56.9 Å². The molecule has 67 heavy (non-hydrogen) atoms. The fraction of sp³-hybridized carbons (Fsp3) is 0.920. The average Bonchev–Trinajstić information content (AvgIpc) is 3.78. The average molecular weight is 975 g/mol. The molecule has 0 bridgehead atoms. The summed E-state index contributed by atoms with van der Waals surface area (Å²) < 4.78 is 69.7. The Balaban J connectivity index is 2.14. The van der Waals surface area contributed by atoms with Crippen molar-refractivity contribution in [2.45, 2.75) is 283 Å². The van der Waals surface area contributed by atoms with E-state index in [-0.39, 0.29) is 37.3 Å². The smallest absolute Gasteiger partial charge is 0.306 e. The van der Waals surface area contributed by atoms with Crippen LogP contribution in [0.4, 0.5) is 0 Å². The number of aliphatic hydroxyl groups is 1. The molecule has 17 heteroatoms. The molecular weight excluding hydrogens is 885 g/mol. The van der Waals surface area contributed by atoms with Crippen molar-refractivity contribution < 1.29 is 76.1 Å². The first-order valence-electron chi connectivity index (χ1n) is 25.6. The largest absolute Gasteiger partial charge is 0.463 e. The first-order chi connectivity index (χ1) is 31.5. The molecule has 16 nitrogen and oxygen atoms in total. The van der Waals surface area contributed by atoms with Gasteiger partial charge in [0.2, 0.25) is 6.29 Å². The summed E-state index contributed by atoms with van der Waals surface area (Å²) >= 11 is 0. The molecule has 0 aromatic rings. The first kappa shape index (κ1) is 59.1. The van der Waals surface area contributed by atoms with Crippen LogP contribution in [-0.4, -0.2) is 124 Å². The SMILES string of the molecule is CCCCCCCC(=O)O[C@@H]1[C@H](OC(O)[C@H]2OC(C)(C)O[C@@H]2[C@@H](O[Si](C)(C)C(C)(C)C)[C@@H]2COC(C)(C)O2)O[C@H](COC(=O)CCCCC)[C@@H](OC(=O)CCCCC)[C@@H]1OC(=O)CCCCC. The van der Waals surface area contributed by atoms with Gasteiger partial charge >= 0.3 is 23.9 Å². The lowest BCUT2D eigenvalue weighted by atomic mass is 9.97. The van der Waals surface area contributed by atoms with Gasteiger partial charge in [-0.2, -0.15) is 0 Å². The van der Waals surface area contributed by atoms with Crippen molar-refractivity contribution in [3.05, 3.63) is 0 Å². The molecule has 3 aliphatic heterocycles. The maximum atomic E-state index is 13.8. The fourth-order valence-corrected chi connectivity index (χ4v) is 9.41. The Morgan fingerprint density at radius 3 is 1.60 bits per heavy atom. The van der Waals surface area contributed by atoms with E-state index in [4.69, 9.17) is 51.8 Å². The summed E-state index contributed by atoms with van der Waals surface area (Å²) in [5, 5.41) is 12.1. The molecule has 0 spiro atoms. The third kappa shape index (κ3) is 19.5. The first-order valence-corrected chi connectivity index (χ1v) is 28.5. The molecule has 0 aliphatic carbocycles. The van der Waals surface area contributed by atoms with E-state index in [2.05, 4.69) is 40.8 Å². The number of unbranched alkanes of at least 4 members (excludes halogenated alkanes) is 10. The van der Waals surface area contributed by atoms with Gasteiger partial charge in [0.25, 0.3) is 0 Å².